The Kier molecular flexibility index (Phi) is 3.52. The molecule has 2 aromatic rings. The predicted molar refractivity (Wildman–Crippen MR) is 77.6 cm³/mol. The molecule has 18 heavy (non-hydrogen) atoms. The smallest absolute Gasteiger partial charge is 0.195 e. The third-order valence-electron chi connectivity index (χ3n) is 2.86. The van der Waals surface area contributed by atoms with Crippen molar-refractivity contribution >= 4 is 17.9 Å². The first-order chi connectivity index (χ1) is 8.50. The van der Waals surface area contributed by atoms with E-state index in [0.29, 0.717) is 10.8 Å². The van der Waals surface area contributed by atoms with E-state index in [1.165, 1.54) is 5.69 Å². The number of H-pyrrole nitrogens is 1. The molecular formula is C13H18N4S. The van der Waals surface area contributed by atoms with Crippen molar-refractivity contribution in [2.45, 2.75) is 19.9 Å². The summed E-state index contributed by atoms with van der Waals surface area (Å²) < 4.78 is 2.69. The molecule has 0 aliphatic heterocycles. The monoisotopic (exact) mass is 262 g/mol. The SMILES string of the molecule is CC(C)n1c(-c2ccc(N(C)C)cc2)n[nH]c1=S. The molecule has 5 heteroatoms. The third-order valence-corrected chi connectivity index (χ3v) is 3.15. The fourth-order valence-electron chi connectivity index (χ4n) is 1.90. The Morgan fingerprint density at radius 2 is 1.83 bits per heavy atom. The summed E-state index contributed by atoms with van der Waals surface area (Å²) in [5, 5.41) is 7.17. The summed E-state index contributed by atoms with van der Waals surface area (Å²) in [6, 6.07) is 8.59. The van der Waals surface area contributed by atoms with E-state index in [1.807, 2.05) is 18.7 Å². The molecule has 0 fully saturated rings. The van der Waals surface area contributed by atoms with Crippen LogP contribution in [-0.2, 0) is 0 Å². The molecule has 0 amide bonds. The van der Waals surface area contributed by atoms with Gasteiger partial charge in [0.05, 0.1) is 0 Å². The summed E-state index contributed by atoms with van der Waals surface area (Å²) in [5.74, 6) is 0.889. The molecule has 0 atom stereocenters. The number of hydrogen-bond donors (Lipinski definition) is 1. The molecule has 4 nitrogen and oxygen atoms in total. The van der Waals surface area contributed by atoms with Gasteiger partial charge in [-0.25, -0.2) is 0 Å². The second-order valence-electron chi connectivity index (χ2n) is 4.76. The van der Waals surface area contributed by atoms with Gasteiger partial charge in [-0.1, -0.05) is 0 Å². The fraction of sp³-hybridized carbons (Fsp3) is 0.385. The maximum Gasteiger partial charge on any atom is 0.195 e. The Morgan fingerprint density at radius 3 is 2.33 bits per heavy atom. The molecule has 1 aromatic carbocycles. The van der Waals surface area contributed by atoms with Gasteiger partial charge in [-0.15, -0.1) is 0 Å². The molecule has 0 unspecified atom stereocenters. The number of rotatable bonds is 3. The van der Waals surface area contributed by atoms with Crippen molar-refractivity contribution in [2.24, 2.45) is 0 Å². The third kappa shape index (κ3) is 2.31. The first-order valence-corrected chi connectivity index (χ1v) is 6.36. The van der Waals surface area contributed by atoms with Crippen LogP contribution in [-0.4, -0.2) is 28.9 Å². The van der Waals surface area contributed by atoms with E-state index in [9.17, 15) is 0 Å². The molecule has 0 spiro atoms. The Bertz CT molecular complexity index is 578. The van der Waals surface area contributed by atoms with E-state index >= 15 is 0 Å². The van der Waals surface area contributed by atoms with E-state index in [2.05, 4.69) is 53.2 Å². The molecular weight excluding hydrogens is 244 g/mol. The Balaban J connectivity index is 2.46. The van der Waals surface area contributed by atoms with Gasteiger partial charge in [-0.3, -0.25) is 9.67 Å². The summed E-state index contributed by atoms with van der Waals surface area (Å²) in [5.41, 5.74) is 2.24. The highest BCUT2D eigenvalue weighted by atomic mass is 32.1. The van der Waals surface area contributed by atoms with Crippen LogP contribution in [0.2, 0.25) is 0 Å². The van der Waals surface area contributed by atoms with E-state index in [4.69, 9.17) is 12.2 Å². The molecule has 1 heterocycles. The lowest BCUT2D eigenvalue weighted by Gasteiger charge is -2.14. The van der Waals surface area contributed by atoms with Crippen LogP contribution in [0.15, 0.2) is 24.3 Å². The van der Waals surface area contributed by atoms with Gasteiger partial charge in [-0.05, 0) is 50.3 Å². The summed E-state index contributed by atoms with van der Waals surface area (Å²) >= 11 is 5.25. The lowest BCUT2D eigenvalue weighted by atomic mass is 10.2. The molecule has 96 valence electrons. The molecule has 0 radical (unpaired) electrons. The summed E-state index contributed by atoms with van der Waals surface area (Å²) in [4.78, 5) is 2.07. The van der Waals surface area contributed by atoms with E-state index < -0.39 is 0 Å². The molecule has 1 aromatic heterocycles. The minimum absolute atomic E-state index is 0.291. The normalized spacial score (nSPS) is 10.9. The van der Waals surface area contributed by atoms with Gasteiger partial charge in [0.15, 0.2) is 10.6 Å². The van der Waals surface area contributed by atoms with Crippen molar-refractivity contribution in [3.8, 4) is 11.4 Å². The quantitative estimate of drug-likeness (QED) is 0.863. The van der Waals surface area contributed by atoms with Crippen molar-refractivity contribution in [1.82, 2.24) is 14.8 Å². The summed E-state index contributed by atoms with van der Waals surface area (Å²) in [7, 11) is 4.05. The van der Waals surface area contributed by atoms with Crippen LogP contribution in [0.5, 0.6) is 0 Å². The second-order valence-corrected chi connectivity index (χ2v) is 5.14. The average Bonchev–Trinajstić information content (AvgIpc) is 2.71. The van der Waals surface area contributed by atoms with Gasteiger partial charge in [0.1, 0.15) is 0 Å². The maximum absolute atomic E-state index is 5.25. The lowest BCUT2D eigenvalue weighted by molar-refractivity contribution is 0.597. The zero-order valence-corrected chi connectivity index (χ0v) is 12.0. The number of nitrogens with one attached hydrogen (secondary N) is 1. The zero-order chi connectivity index (χ0) is 13.3. The largest absolute Gasteiger partial charge is 0.378 e. The van der Waals surface area contributed by atoms with Crippen molar-refractivity contribution in [2.75, 3.05) is 19.0 Å². The molecule has 0 saturated heterocycles. The maximum atomic E-state index is 5.25. The average molecular weight is 262 g/mol. The number of hydrogen-bond acceptors (Lipinski definition) is 3. The van der Waals surface area contributed by atoms with Crippen molar-refractivity contribution < 1.29 is 0 Å². The lowest BCUT2D eigenvalue weighted by Crippen LogP contribution is -2.08. The minimum atomic E-state index is 0.291. The van der Waals surface area contributed by atoms with E-state index in [-0.39, 0.29) is 0 Å². The number of benzene rings is 1. The number of aromatic amines is 1. The summed E-state index contributed by atoms with van der Waals surface area (Å²) in [6.07, 6.45) is 0. The van der Waals surface area contributed by atoms with Crippen molar-refractivity contribution in [3.63, 3.8) is 0 Å². The topological polar surface area (TPSA) is 36.9 Å². The minimum Gasteiger partial charge on any atom is -0.378 e. The standard InChI is InChI=1S/C13H18N4S/c1-9(2)17-12(14-15-13(17)18)10-5-7-11(8-6-10)16(3)4/h5-9H,1-4H3,(H,15,18). The second kappa shape index (κ2) is 4.94. The van der Waals surface area contributed by atoms with E-state index in [1.54, 1.807) is 0 Å². The van der Waals surface area contributed by atoms with Gasteiger partial charge in [0.2, 0.25) is 0 Å². The number of nitrogens with zero attached hydrogens (tertiary/aromatic N) is 3. The first-order valence-electron chi connectivity index (χ1n) is 5.95. The molecule has 0 bridgehead atoms. The highest BCUT2D eigenvalue weighted by molar-refractivity contribution is 7.71. The Morgan fingerprint density at radius 1 is 1.22 bits per heavy atom. The van der Waals surface area contributed by atoms with Crippen LogP contribution in [0.25, 0.3) is 11.4 Å². The van der Waals surface area contributed by atoms with Gasteiger partial charge < -0.3 is 4.90 Å². The van der Waals surface area contributed by atoms with Crippen molar-refractivity contribution in [3.05, 3.63) is 29.0 Å². The molecule has 0 aliphatic carbocycles. The van der Waals surface area contributed by atoms with Gasteiger partial charge >= 0.3 is 0 Å². The molecule has 1 N–H and O–H groups in total. The Hall–Kier alpha value is -1.62. The van der Waals surface area contributed by atoms with Gasteiger partial charge in [0.25, 0.3) is 0 Å². The Labute approximate surface area is 112 Å². The van der Waals surface area contributed by atoms with Crippen LogP contribution in [0.4, 0.5) is 5.69 Å². The van der Waals surface area contributed by atoms with Crippen LogP contribution in [0.3, 0.4) is 0 Å². The van der Waals surface area contributed by atoms with Crippen LogP contribution < -0.4 is 4.90 Å². The molecule has 0 saturated carbocycles. The van der Waals surface area contributed by atoms with Crippen LogP contribution >= 0.6 is 12.2 Å². The predicted octanol–water partition coefficient (Wildman–Crippen LogP) is 3.25. The number of anilines is 1. The molecule has 2 rings (SSSR count). The highest BCUT2D eigenvalue weighted by Gasteiger charge is 2.11. The number of aromatic nitrogens is 3. The zero-order valence-electron chi connectivity index (χ0n) is 11.1. The van der Waals surface area contributed by atoms with Crippen LogP contribution in [0, 0.1) is 4.77 Å². The summed E-state index contributed by atoms with van der Waals surface area (Å²) in [6.45, 7) is 4.20. The first kappa shape index (κ1) is 12.8. The fourth-order valence-corrected chi connectivity index (χ4v) is 2.24. The molecule has 0 aliphatic rings. The van der Waals surface area contributed by atoms with E-state index in [0.717, 1.165) is 11.4 Å². The van der Waals surface area contributed by atoms with Crippen molar-refractivity contribution in [1.29, 1.82) is 0 Å². The highest BCUT2D eigenvalue weighted by Crippen LogP contribution is 2.23. The van der Waals surface area contributed by atoms with Gasteiger partial charge in [-0.2, -0.15) is 5.10 Å². The van der Waals surface area contributed by atoms with Gasteiger partial charge in [0, 0.05) is 31.4 Å². The van der Waals surface area contributed by atoms with Crippen LogP contribution in [0.1, 0.15) is 19.9 Å².